The highest BCUT2D eigenvalue weighted by Gasteiger charge is 2.29. The second-order valence-corrected chi connectivity index (χ2v) is 8.19. The van der Waals surface area contributed by atoms with E-state index in [1.54, 1.807) is 0 Å². The van der Waals surface area contributed by atoms with Crippen LogP contribution in [0.4, 0.5) is 0 Å². The summed E-state index contributed by atoms with van der Waals surface area (Å²) in [5.41, 5.74) is 3.75. The zero-order chi connectivity index (χ0) is 19.0. The third-order valence-electron chi connectivity index (χ3n) is 4.84. The maximum absolute atomic E-state index is 12.7. The number of hydrogen-bond acceptors (Lipinski definition) is 5. The van der Waals surface area contributed by atoms with Gasteiger partial charge in [-0.05, 0) is 44.4 Å². The fourth-order valence-corrected chi connectivity index (χ4v) is 3.95. The largest absolute Gasteiger partial charge is 0.416 e. The molecule has 0 aliphatic heterocycles. The summed E-state index contributed by atoms with van der Waals surface area (Å²) in [5, 5.41) is 9.28. The summed E-state index contributed by atoms with van der Waals surface area (Å²) < 4.78 is 7.74. The van der Waals surface area contributed by atoms with E-state index in [1.807, 2.05) is 44.2 Å². The van der Waals surface area contributed by atoms with Crippen LogP contribution in [0.15, 0.2) is 40.0 Å². The van der Waals surface area contributed by atoms with E-state index in [4.69, 9.17) is 16.0 Å². The number of rotatable bonds is 7. The van der Waals surface area contributed by atoms with Crippen LogP contribution in [-0.4, -0.2) is 26.3 Å². The second kappa shape index (κ2) is 7.52. The van der Waals surface area contributed by atoms with Gasteiger partial charge in [0.25, 0.3) is 5.22 Å². The average molecular weight is 402 g/mol. The van der Waals surface area contributed by atoms with Crippen molar-refractivity contribution in [2.75, 3.05) is 5.75 Å². The highest BCUT2D eigenvalue weighted by Crippen LogP contribution is 2.39. The number of thioether (sulfide) groups is 1. The van der Waals surface area contributed by atoms with Gasteiger partial charge in [0.1, 0.15) is 0 Å². The van der Waals surface area contributed by atoms with Crippen LogP contribution in [0.5, 0.6) is 0 Å². The molecule has 1 aliphatic rings. The molecule has 0 unspecified atom stereocenters. The van der Waals surface area contributed by atoms with Crippen LogP contribution in [0.1, 0.15) is 52.0 Å². The number of ketones is 1. The smallest absolute Gasteiger partial charge is 0.277 e. The summed E-state index contributed by atoms with van der Waals surface area (Å²) in [6, 6.07) is 9.72. The zero-order valence-corrected chi connectivity index (χ0v) is 16.8. The highest BCUT2D eigenvalue weighted by atomic mass is 35.5. The van der Waals surface area contributed by atoms with Crippen molar-refractivity contribution in [3.05, 3.63) is 63.8 Å². The molecule has 0 radical (unpaired) electrons. The number of Topliss-reactive ketones (excluding diaryl/α,β-unsaturated/α-hetero) is 1. The molecular formula is C20H20ClN3O2S. The summed E-state index contributed by atoms with van der Waals surface area (Å²) in [5.74, 6) is 1.46. The van der Waals surface area contributed by atoms with Crippen LogP contribution in [0.25, 0.3) is 0 Å². The van der Waals surface area contributed by atoms with Crippen molar-refractivity contribution in [3.63, 3.8) is 0 Å². The van der Waals surface area contributed by atoms with E-state index in [1.165, 1.54) is 11.8 Å². The van der Waals surface area contributed by atoms with Crippen molar-refractivity contribution in [2.45, 2.75) is 44.4 Å². The molecule has 1 aromatic carbocycles. The van der Waals surface area contributed by atoms with Gasteiger partial charge in [-0.25, -0.2) is 0 Å². The number of aromatic nitrogens is 3. The molecular weight excluding hydrogens is 382 g/mol. The molecule has 4 rings (SSSR count). The molecule has 2 heterocycles. The standard InChI is InChI=1S/C20H20ClN3O2S/c1-12-9-16(13(2)24(12)10-15-5-3-4-6-17(15)21)18(25)11-27-20-23-22-19(26-20)14-7-8-14/h3-6,9,14H,7-8,10-11H2,1-2H3. The minimum Gasteiger partial charge on any atom is -0.416 e. The second-order valence-electron chi connectivity index (χ2n) is 6.85. The lowest BCUT2D eigenvalue weighted by Gasteiger charge is -2.11. The van der Waals surface area contributed by atoms with E-state index in [2.05, 4.69) is 14.8 Å². The van der Waals surface area contributed by atoms with Crippen LogP contribution in [-0.2, 0) is 6.54 Å². The van der Waals surface area contributed by atoms with Crippen molar-refractivity contribution in [1.29, 1.82) is 0 Å². The van der Waals surface area contributed by atoms with E-state index in [0.29, 0.717) is 23.6 Å². The van der Waals surface area contributed by atoms with E-state index < -0.39 is 0 Å². The topological polar surface area (TPSA) is 60.9 Å². The number of carbonyl (C=O) groups excluding carboxylic acids is 1. The quantitative estimate of drug-likeness (QED) is 0.410. The van der Waals surface area contributed by atoms with Gasteiger partial charge in [-0.2, -0.15) is 0 Å². The van der Waals surface area contributed by atoms with Crippen LogP contribution >= 0.6 is 23.4 Å². The molecule has 0 saturated heterocycles. The van der Waals surface area contributed by atoms with Crippen molar-refractivity contribution >= 4 is 29.1 Å². The van der Waals surface area contributed by atoms with Crippen molar-refractivity contribution < 1.29 is 9.21 Å². The molecule has 0 atom stereocenters. The Hall–Kier alpha value is -2.05. The maximum atomic E-state index is 12.7. The normalized spacial score (nSPS) is 13.9. The van der Waals surface area contributed by atoms with Gasteiger partial charge in [0.2, 0.25) is 5.89 Å². The number of hydrogen-bond donors (Lipinski definition) is 0. The van der Waals surface area contributed by atoms with Gasteiger partial charge in [0.05, 0.1) is 5.75 Å². The number of carbonyl (C=O) groups is 1. The molecule has 27 heavy (non-hydrogen) atoms. The molecule has 140 valence electrons. The molecule has 5 nitrogen and oxygen atoms in total. The molecule has 3 aromatic rings. The fourth-order valence-electron chi connectivity index (χ4n) is 3.10. The predicted octanol–water partition coefficient (Wildman–Crippen LogP) is 5.04. The van der Waals surface area contributed by atoms with Crippen molar-refractivity contribution in [1.82, 2.24) is 14.8 Å². The van der Waals surface area contributed by atoms with E-state index in [-0.39, 0.29) is 11.5 Å². The summed E-state index contributed by atoms with van der Waals surface area (Å²) >= 11 is 7.59. The minimum atomic E-state index is 0.0599. The maximum Gasteiger partial charge on any atom is 0.277 e. The van der Waals surface area contributed by atoms with Gasteiger partial charge >= 0.3 is 0 Å². The SMILES string of the molecule is Cc1cc(C(=O)CSc2nnc(C3CC3)o2)c(C)n1Cc1ccccc1Cl. The Balaban J connectivity index is 1.46. The van der Waals surface area contributed by atoms with Crippen molar-refractivity contribution in [3.8, 4) is 0 Å². The van der Waals surface area contributed by atoms with Crippen LogP contribution < -0.4 is 0 Å². The first kappa shape index (κ1) is 18.3. The Morgan fingerprint density at radius 2 is 2.07 bits per heavy atom. The molecule has 1 aliphatic carbocycles. The molecule has 0 spiro atoms. The number of aryl methyl sites for hydroxylation is 1. The first-order valence-electron chi connectivity index (χ1n) is 8.92. The third-order valence-corrected chi connectivity index (χ3v) is 6.02. The number of nitrogens with zero attached hydrogens (tertiary/aromatic N) is 3. The van der Waals surface area contributed by atoms with Gasteiger partial charge in [0, 0.05) is 34.4 Å². The summed E-state index contributed by atoms with van der Waals surface area (Å²) in [6.07, 6.45) is 2.23. The van der Waals surface area contributed by atoms with Gasteiger partial charge in [-0.3, -0.25) is 4.79 Å². The van der Waals surface area contributed by atoms with E-state index >= 15 is 0 Å². The van der Waals surface area contributed by atoms with Crippen molar-refractivity contribution in [2.24, 2.45) is 0 Å². The molecule has 0 N–H and O–H groups in total. The first-order valence-corrected chi connectivity index (χ1v) is 10.3. The highest BCUT2D eigenvalue weighted by molar-refractivity contribution is 7.99. The molecule has 1 saturated carbocycles. The van der Waals surface area contributed by atoms with Crippen LogP contribution in [0, 0.1) is 13.8 Å². The summed E-state index contributed by atoms with van der Waals surface area (Å²) in [6.45, 7) is 4.62. The predicted molar refractivity (Wildman–Crippen MR) is 106 cm³/mol. The lowest BCUT2D eigenvalue weighted by atomic mass is 10.2. The Bertz CT molecular complexity index is 991. The monoisotopic (exact) mass is 401 g/mol. The Morgan fingerprint density at radius 3 is 2.81 bits per heavy atom. The Morgan fingerprint density at radius 1 is 1.30 bits per heavy atom. The third kappa shape index (κ3) is 3.96. The van der Waals surface area contributed by atoms with Crippen LogP contribution in [0.3, 0.4) is 0 Å². The lowest BCUT2D eigenvalue weighted by molar-refractivity contribution is 0.102. The average Bonchev–Trinajstić information content (AvgIpc) is 3.34. The van der Waals surface area contributed by atoms with Gasteiger partial charge in [-0.15, -0.1) is 10.2 Å². The lowest BCUT2D eigenvalue weighted by Crippen LogP contribution is -2.08. The molecule has 0 amide bonds. The molecule has 0 bridgehead atoms. The first-order chi connectivity index (χ1) is 13.0. The molecule has 1 fully saturated rings. The molecule has 2 aromatic heterocycles. The van der Waals surface area contributed by atoms with E-state index in [0.717, 1.165) is 40.4 Å². The fraction of sp³-hybridized carbons (Fsp3) is 0.350. The zero-order valence-electron chi connectivity index (χ0n) is 15.2. The molecule has 7 heteroatoms. The van der Waals surface area contributed by atoms with Gasteiger partial charge in [-0.1, -0.05) is 41.6 Å². The van der Waals surface area contributed by atoms with Gasteiger partial charge in [0.15, 0.2) is 5.78 Å². The number of halogens is 1. The Kier molecular flexibility index (Phi) is 5.10. The van der Waals surface area contributed by atoms with Crippen LogP contribution in [0.2, 0.25) is 5.02 Å². The van der Waals surface area contributed by atoms with E-state index in [9.17, 15) is 4.79 Å². The number of benzene rings is 1. The summed E-state index contributed by atoms with van der Waals surface area (Å²) in [4.78, 5) is 12.7. The minimum absolute atomic E-state index is 0.0599. The Labute approximate surface area is 167 Å². The summed E-state index contributed by atoms with van der Waals surface area (Å²) in [7, 11) is 0. The van der Waals surface area contributed by atoms with Gasteiger partial charge < -0.3 is 8.98 Å².